The largest absolute Gasteiger partial charge is 0.490 e. The van der Waals surface area contributed by atoms with E-state index in [0.717, 1.165) is 33.5 Å². The van der Waals surface area contributed by atoms with Crippen LogP contribution in [0.15, 0.2) is 41.2 Å². The molecule has 0 radical (unpaired) electrons. The molecule has 0 bridgehead atoms. The summed E-state index contributed by atoms with van der Waals surface area (Å²) in [5, 5.41) is 16.2. The fourth-order valence-corrected chi connectivity index (χ4v) is 3.11. The van der Waals surface area contributed by atoms with Crippen molar-refractivity contribution in [3.63, 3.8) is 0 Å². The molecule has 0 saturated heterocycles. The van der Waals surface area contributed by atoms with E-state index in [2.05, 4.69) is 11.2 Å². The van der Waals surface area contributed by atoms with Gasteiger partial charge >= 0.3 is 0 Å². The van der Waals surface area contributed by atoms with Gasteiger partial charge in [0.05, 0.1) is 17.6 Å². The molecule has 0 aliphatic rings. The zero-order valence-electron chi connectivity index (χ0n) is 15.6. The highest BCUT2D eigenvalue weighted by Gasteiger charge is 2.14. The number of benzene rings is 2. The van der Waals surface area contributed by atoms with Crippen molar-refractivity contribution >= 4 is 10.8 Å². The Hall–Kier alpha value is -2.66. The van der Waals surface area contributed by atoms with E-state index in [1.165, 1.54) is 4.68 Å². The molecule has 1 aromatic heterocycles. The summed E-state index contributed by atoms with van der Waals surface area (Å²) in [6, 6.07) is 11.4. The molecule has 1 atom stereocenters. The number of aromatic nitrogens is 2. The Morgan fingerprint density at radius 2 is 1.69 bits per heavy atom. The van der Waals surface area contributed by atoms with Crippen LogP contribution < -0.4 is 10.3 Å². The molecule has 5 nitrogen and oxygen atoms in total. The highest BCUT2D eigenvalue weighted by molar-refractivity contribution is 5.83. The van der Waals surface area contributed by atoms with Crippen molar-refractivity contribution in [1.29, 1.82) is 0 Å². The van der Waals surface area contributed by atoms with Gasteiger partial charge < -0.3 is 9.84 Å². The summed E-state index contributed by atoms with van der Waals surface area (Å²) < 4.78 is 7.17. The van der Waals surface area contributed by atoms with Crippen molar-refractivity contribution in [1.82, 2.24) is 9.78 Å². The third-order valence-corrected chi connectivity index (χ3v) is 4.73. The predicted octanol–water partition coefficient (Wildman–Crippen LogP) is 3.07. The van der Waals surface area contributed by atoms with E-state index < -0.39 is 6.10 Å². The average molecular weight is 352 g/mol. The number of hydrogen-bond acceptors (Lipinski definition) is 4. The molecular weight excluding hydrogens is 328 g/mol. The lowest BCUT2D eigenvalue weighted by Crippen LogP contribution is -2.32. The van der Waals surface area contributed by atoms with Crippen molar-refractivity contribution < 1.29 is 9.84 Å². The summed E-state index contributed by atoms with van der Waals surface area (Å²) in [6.07, 6.45) is -0.833. The predicted molar refractivity (Wildman–Crippen MR) is 103 cm³/mol. The maximum atomic E-state index is 12.6. The minimum atomic E-state index is -0.833. The van der Waals surface area contributed by atoms with Gasteiger partial charge in [0.15, 0.2) is 0 Å². The van der Waals surface area contributed by atoms with Gasteiger partial charge in [-0.1, -0.05) is 30.3 Å². The molecule has 0 unspecified atom stereocenters. The van der Waals surface area contributed by atoms with Crippen molar-refractivity contribution in [3.8, 4) is 5.75 Å². The first-order valence-electron chi connectivity index (χ1n) is 8.72. The van der Waals surface area contributed by atoms with Gasteiger partial charge in [-0.2, -0.15) is 5.10 Å². The van der Waals surface area contributed by atoms with Crippen LogP contribution in [0.3, 0.4) is 0 Å². The smallest absolute Gasteiger partial charge is 0.274 e. The Kier molecular flexibility index (Phi) is 5.09. The molecule has 26 heavy (non-hydrogen) atoms. The monoisotopic (exact) mass is 352 g/mol. The lowest BCUT2D eigenvalue weighted by Gasteiger charge is -2.17. The molecule has 0 aliphatic carbocycles. The zero-order chi connectivity index (χ0) is 18.8. The number of aliphatic hydroxyl groups is 1. The summed E-state index contributed by atoms with van der Waals surface area (Å²) in [4.78, 5) is 12.6. The Morgan fingerprint density at radius 3 is 2.42 bits per heavy atom. The Bertz CT molecular complexity index is 1010. The summed E-state index contributed by atoms with van der Waals surface area (Å²) in [5.41, 5.74) is 3.79. The lowest BCUT2D eigenvalue weighted by atomic mass is 10.1. The molecule has 2 aromatic carbocycles. The number of ether oxygens (including phenoxy) is 1. The van der Waals surface area contributed by atoms with Gasteiger partial charge in [-0.25, -0.2) is 4.68 Å². The standard InChI is InChI=1S/C21H24N2O3/c1-13-9-10-14(2)20(15(13)3)26-12-17(24)11-23-21(25)19-8-6-5-7-18(19)16(4)22-23/h5-10,17,24H,11-12H2,1-4H3/t17-/m0/s1. The normalized spacial score (nSPS) is 12.3. The first-order chi connectivity index (χ1) is 12.4. The third-order valence-electron chi connectivity index (χ3n) is 4.73. The Balaban J connectivity index is 1.78. The summed E-state index contributed by atoms with van der Waals surface area (Å²) in [7, 11) is 0. The van der Waals surface area contributed by atoms with E-state index >= 15 is 0 Å². The maximum Gasteiger partial charge on any atom is 0.274 e. The molecule has 1 heterocycles. The van der Waals surface area contributed by atoms with Crippen molar-refractivity contribution in [3.05, 3.63) is 69.1 Å². The Labute approximate surface area is 152 Å². The number of aliphatic hydroxyl groups excluding tert-OH is 1. The van der Waals surface area contributed by atoms with Gasteiger partial charge in [0, 0.05) is 5.39 Å². The van der Waals surface area contributed by atoms with Crippen LogP contribution >= 0.6 is 0 Å². The van der Waals surface area contributed by atoms with E-state index in [-0.39, 0.29) is 18.7 Å². The fraction of sp³-hybridized carbons (Fsp3) is 0.333. The van der Waals surface area contributed by atoms with E-state index in [1.54, 1.807) is 6.07 Å². The van der Waals surface area contributed by atoms with Crippen LogP contribution in [0.2, 0.25) is 0 Å². The molecule has 0 amide bonds. The average Bonchev–Trinajstić information content (AvgIpc) is 2.63. The van der Waals surface area contributed by atoms with Gasteiger partial charge in [0.1, 0.15) is 18.5 Å². The first kappa shape index (κ1) is 18.1. The first-order valence-corrected chi connectivity index (χ1v) is 8.72. The van der Waals surface area contributed by atoms with E-state index in [9.17, 15) is 9.90 Å². The second-order valence-corrected chi connectivity index (χ2v) is 6.74. The van der Waals surface area contributed by atoms with Crippen LogP contribution in [-0.2, 0) is 6.54 Å². The van der Waals surface area contributed by atoms with Crippen LogP contribution in [0.25, 0.3) is 10.8 Å². The zero-order valence-corrected chi connectivity index (χ0v) is 15.6. The summed E-state index contributed by atoms with van der Waals surface area (Å²) in [6.45, 7) is 8.06. The molecule has 5 heteroatoms. The molecular formula is C21H24N2O3. The SMILES string of the molecule is Cc1ccc(C)c(OC[C@@H](O)Cn2nc(C)c3ccccc3c2=O)c1C. The van der Waals surface area contributed by atoms with Crippen LogP contribution in [0.4, 0.5) is 0 Å². The molecule has 3 rings (SSSR count). The highest BCUT2D eigenvalue weighted by atomic mass is 16.5. The third kappa shape index (κ3) is 3.48. The van der Waals surface area contributed by atoms with Gasteiger partial charge in [0.25, 0.3) is 5.56 Å². The molecule has 1 N–H and O–H groups in total. The minimum absolute atomic E-state index is 0.0917. The molecule has 136 valence electrons. The van der Waals surface area contributed by atoms with Gasteiger partial charge in [-0.15, -0.1) is 0 Å². The van der Waals surface area contributed by atoms with Crippen LogP contribution in [0, 0.1) is 27.7 Å². The van der Waals surface area contributed by atoms with Crippen molar-refractivity contribution in [2.24, 2.45) is 0 Å². The highest BCUT2D eigenvalue weighted by Crippen LogP contribution is 2.25. The minimum Gasteiger partial charge on any atom is -0.490 e. The molecule has 0 fully saturated rings. The summed E-state index contributed by atoms with van der Waals surface area (Å²) in [5.74, 6) is 0.791. The van der Waals surface area contributed by atoms with Gasteiger partial charge in [-0.05, 0) is 50.5 Å². The second kappa shape index (κ2) is 7.30. The van der Waals surface area contributed by atoms with Crippen LogP contribution in [0.5, 0.6) is 5.75 Å². The van der Waals surface area contributed by atoms with Crippen LogP contribution in [0.1, 0.15) is 22.4 Å². The number of nitrogens with zero attached hydrogens (tertiary/aromatic N) is 2. The molecule has 0 saturated carbocycles. The topological polar surface area (TPSA) is 64.3 Å². The number of rotatable bonds is 5. The summed E-state index contributed by atoms with van der Waals surface area (Å²) >= 11 is 0. The van der Waals surface area contributed by atoms with Gasteiger partial charge in [-0.3, -0.25) is 4.79 Å². The Morgan fingerprint density at radius 1 is 1.04 bits per heavy atom. The fourth-order valence-electron chi connectivity index (χ4n) is 3.11. The number of hydrogen-bond donors (Lipinski definition) is 1. The van der Waals surface area contributed by atoms with Crippen molar-refractivity contribution in [2.75, 3.05) is 6.61 Å². The lowest BCUT2D eigenvalue weighted by molar-refractivity contribution is 0.0874. The molecule has 3 aromatic rings. The maximum absolute atomic E-state index is 12.6. The second-order valence-electron chi connectivity index (χ2n) is 6.74. The van der Waals surface area contributed by atoms with Gasteiger partial charge in [0.2, 0.25) is 0 Å². The van der Waals surface area contributed by atoms with E-state index in [0.29, 0.717) is 5.39 Å². The van der Waals surface area contributed by atoms with Crippen molar-refractivity contribution in [2.45, 2.75) is 40.3 Å². The molecule has 0 spiro atoms. The van der Waals surface area contributed by atoms with E-state index in [4.69, 9.17) is 4.74 Å². The number of aryl methyl sites for hydroxylation is 3. The number of fused-ring (bicyclic) bond motifs is 1. The molecule has 0 aliphatic heterocycles. The van der Waals surface area contributed by atoms with Crippen LogP contribution in [-0.4, -0.2) is 27.6 Å². The van der Waals surface area contributed by atoms with E-state index in [1.807, 2.05) is 52.0 Å². The quantitative estimate of drug-likeness (QED) is 0.766.